The Morgan fingerprint density at radius 2 is 1.96 bits per heavy atom. The molecule has 2 aliphatic heterocycles. The summed E-state index contributed by atoms with van der Waals surface area (Å²) in [5.74, 6) is -2.23. The minimum atomic E-state index is -1.29. The fourth-order valence-electron chi connectivity index (χ4n) is 2.98. The minimum absolute atomic E-state index is 0.167. The van der Waals surface area contributed by atoms with E-state index in [0.29, 0.717) is 0 Å². The Kier molecular flexibility index (Phi) is 5.82. The molecule has 1 fully saturated rings. The van der Waals surface area contributed by atoms with Gasteiger partial charge in [0.25, 0.3) is 0 Å². The molecule has 0 bridgehead atoms. The van der Waals surface area contributed by atoms with Crippen molar-refractivity contribution in [3.8, 4) is 0 Å². The lowest BCUT2D eigenvalue weighted by Crippen LogP contribution is -2.56. The van der Waals surface area contributed by atoms with Crippen molar-refractivity contribution in [2.75, 3.05) is 19.6 Å². The highest BCUT2D eigenvalue weighted by Gasteiger charge is 2.40. The van der Waals surface area contributed by atoms with Crippen molar-refractivity contribution in [3.63, 3.8) is 0 Å². The van der Waals surface area contributed by atoms with E-state index in [1.165, 1.54) is 13.0 Å². The first-order chi connectivity index (χ1) is 11.7. The molecule has 11 nitrogen and oxygen atoms in total. The van der Waals surface area contributed by atoms with Gasteiger partial charge in [-0.15, -0.1) is 0 Å². The van der Waals surface area contributed by atoms with Crippen LogP contribution in [0.25, 0.3) is 0 Å². The topological polar surface area (TPSA) is 184 Å². The van der Waals surface area contributed by atoms with Crippen molar-refractivity contribution in [2.45, 2.75) is 37.3 Å². The molecule has 2 heterocycles. The van der Waals surface area contributed by atoms with E-state index in [-0.39, 0.29) is 37.3 Å². The summed E-state index contributed by atoms with van der Waals surface area (Å²) in [6.07, 6.45) is -1.35. The lowest BCUT2D eigenvalue weighted by molar-refractivity contribution is -0.139. The van der Waals surface area contributed by atoms with Crippen LogP contribution < -0.4 is 16.8 Å². The summed E-state index contributed by atoms with van der Waals surface area (Å²) in [6, 6.07) is -1.53. The van der Waals surface area contributed by atoms with E-state index in [1.54, 1.807) is 4.90 Å². The zero-order chi connectivity index (χ0) is 18.7. The van der Waals surface area contributed by atoms with Crippen LogP contribution in [0.15, 0.2) is 16.8 Å². The fraction of sp³-hybridized carbons (Fsp3) is 0.643. The molecule has 5 atom stereocenters. The molecule has 11 heteroatoms. The molecule has 0 aromatic rings. The Morgan fingerprint density at radius 3 is 2.44 bits per heavy atom. The first kappa shape index (κ1) is 19.0. The molecule has 0 saturated carbocycles. The van der Waals surface area contributed by atoms with Gasteiger partial charge in [0.15, 0.2) is 5.96 Å². The van der Waals surface area contributed by atoms with Crippen molar-refractivity contribution in [2.24, 2.45) is 16.5 Å². The lowest BCUT2D eigenvalue weighted by atomic mass is 9.98. The first-order valence-corrected chi connectivity index (χ1v) is 7.73. The summed E-state index contributed by atoms with van der Waals surface area (Å²) in [6.45, 7) is 1.88. The Labute approximate surface area is 143 Å². The van der Waals surface area contributed by atoms with Gasteiger partial charge in [0.1, 0.15) is 6.10 Å². The van der Waals surface area contributed by atoms with E-state index in [0.717, 1.165) is 0 Å². The van der Waals surface area contributed by atoms with E-state index in [2.05, 4.69) is 10.3 Å². The van der Waals surface area contributed by atoms with Gasteiger partial charge in [0, 0.05) is 26.6 Å². The lowest BCUT2D eigenvalue weighted by Gasteiger charge is -2.37. The Morgan fingerprint density at radius 1 is 1.36 bits per heavy atom. The zero-order valence-corrected chi connectivity index (χ0v) is 13.7. The molecule has 2 rings (SSSR count). The number of carboxylic acids is 1. The van der Waals surface area contributed by atoms with Crippen LogP contribution in [0.2, 0.25) is 0 Å². The summed E-state index contributed by atoms with van der Waals surface area (Å²) < 4.78 is 5.50. The highest BCUT2D eigenvalue weighted by molar-refractivity contribution is 5.85. The number of carboxylic acid groups (broad SMARTS) is 1. The summed E-state index contributed by atoms with van der Waals surface area (Å²) in [5.41, 5.74) is 10.8. The highest BCUT2D eigenvalue weighted by atomic mass is 16.5. The molecule has 2 unspecified atom stereocenters. The highest BCUT2D eigenvalue weighted by Crippen LogP contribution is 2.23. The number of carbonyl (C=O) groups excluding carboxylic acids is 1. The second kappa shape index (κ2) is 7.68. The number of hydrogen-bond acceptors (Lipinski definition) is 7. The molecule has 0 radical (unpaired) electrons. The molecule has 2 aliphatic rings. The van der Waals surface area contributed by atoms with Gasteiger partial charge in [0.2, 0.25) is 11.7 Å². The third-order valence-electron chi connectivity index (χ3n) is 4.02. The molecular formula is C14H23N5O6. The number of carbonyl (C=O) groups is 2. The molecule has 1 saturated heterocycles. The Hall–Kier alpha value is -2.37. The van der Waals surface area contributed by atoms with Crippen LogP contribution in [-0.2, 0) is 14.3 Å². The van der Waals surface area contributed by atoms with Crippen LogP contribution >= 0.6 is 0 Å². The zero-order valence-electron chi connectivity index (χ0n) is 13.7. The largest absolute Gasteiger partial charge is 0.480 e. The van der Waals surface area contributed by atoms with Gasteiger partial charge < -0.3 is 36.8 Å². The second-order valence-corrected chi connectivity index (χ2v) is 6.12. The molecule has 8 N–H and O–H groups in total. The number of likely N-dealkylation sites (tertiary alicyclic amines) is 1. The number of aliphatic hydroxyl groups excluding tert-OH is 2. The van der Waals surface area contributed by atoms with Gasteiger partial charge in [-0.05, 0) is 6.08 Å². The maximum Gasteiger partial charge on any atom is 0.370 e. The predicted octanol–water partition coefficient (Wildman–Crippen LogP) is -3.46. The average molecular weight is 357 g/mol. The summed E-state index contributed by atoms with van der Waals surface area (Å²) in [7, 11) is 0. The quantitative estimate of drug-likeness (QED) is 0.215. The van der Waals surface area contributed by atoms with E-state index < -0.39 is 36.4 Å². The maximum atomic E-state index is 11.5. The van der Waals surface area contributed by atoms with E-state index >= 15 is 0 Å². The van der Waals surface area contributed by atoms with Gasteiger partial charge in [-0.25, -0.2) is 9.79 Å². The fourth-order valence-corrected chi connectivity index (χ4v) is 2.98. The number of rotatable bonds is 5. The van der Waals surface area contributed by atoms with Crippen LogP contribution in [-0.4, -0.2) is 88.1 Å². The molecule has 0 aromatic heterocycles. The van der Waals surface area contributed by atoms with E-state index in [4.69, 9.17) is 16.2 Å². The van der Waals surface area contributed by atoms with Crippen molar-refractivity contribution in [1.29, 1.82) is 0 Å². The molecule has 140 valence electrons. The molecule has 25 heavy (non-hydrogen) atoms. The molecule has 1 amide bonds. The standard InChI is InChI=1S/C14H23N5O6/c1-6(20)17-12-7(18-14(15)16)2-10(13(23)24)25-11(12)5-19-3-8(21)9(22)4-19/h2,7-9,11-12,21-22H,3-5H2,1H3,(H,17,20)(H,23,24)(H4,15,16,18)/t7?,8-,9-,11-,12?/m0/s1. The number of nitrogens with two attached hydrogens (primary N) is 2. The minimum Gasteiger partial charge on any atom is -0.480 e. The second-order valence-electron chi connectivity index (χ2n) is 6.12. The molecule has 0 aromatic carbocycles. The van der Waals surface area contributed by atoms with Crippen molar-refractivity contribution in [1.82, 2.24) is 10.2 Å². The number of aliphatic imine (C=N–C) groups is 1. The van der Waals surface area contributed by atoms with Crippen molar-refractivity contribution < 1.29 is 29.6 Å². The number of nitrogens with one attached hydrogen (secondary N) is 1. The van der Waals surface area contributed by atoms with Crippen molar-refractivity contribution in [3.05, 3.63) is 11.8 Å². The summed E-state index contributed by atoms with van der Waals surface area (Å²) >= 11 is 0. The first-order valence-electron chi connectivity index (χ1n) is 7.73. The third-order valence-corrected chi connectivity index (χ3v) is 4.02. The molecular weight excluding hydrogens is 334 g/mol. The number of ether oxygens (including phenoxy) is 1. The predicted molar refractivity (Wildman–Crippen MR) is 86.2 cm³/mol. The summed E-state index contributed by atoms with van der Waals surface area (Å²) in [4.78, 5) is 28.5. The van der Waals surface area contributed by atoms with E-state index in [9.17, 15) is 24.9 Å². The Bertz CT molecular complexity index is 580. The number of amides is 1. The van der Waals surface area contributed by atoms with Crippen LogP contribution in [0.4, 0.5) is 0 Å². The number of guanidine groups is 1. The summed E-state index contributed by atoms with van der Waals surface area (Å²) in [5, 5.41) is 31.2. The van der Waals surface area contributed by atoms with Crippen molar-refractivity contribution >= 4 is 17.8 Å². The third kappa shape index (κ3) is 4.81. The normalized spacial score (nSPS) is 32.4. The number of hydrogen-bond donors (Lipinski definition) is 6. The number of aliphatic hydroxyl groups is 2. The van der Waals surface area contributed by atoms with Gasteiger partial charge in [-0.3, -0.25) is 9.69 Å². The van der Waals surface area contributed by atoms with Crippen LogP contribution in [0.5, 0.6) is 0 Å². The van der Waals surface area contributed by atoms with Crippen LogP contribution in [0, 0.1) is 0 Å². The Balaban J connectivity index is 2.27. The average Bonchev–Trinajstić information content (AvgIpc) is 2.79. The maximum absolute atomic E-state index is 11.5. The SMILES string of the molecule is CC(=O)NC1C(N=C(N)N)C=C(C(=O)O)O[C@H]1CN1C[C@H](O)[C@@H](O)C1. The van der Waals surface area contributed by atoms with Crippen LogP contribution in [0.3, 0.4) is 0 Å². The molecule has 0 spiro atoms. The smallest absolute Gasteiger partial charge is 0.370 e. The number of nitrogens with zero attached hydrogens (tertiary/aromatic N) is 2. The number of aliphatic carboxylic acids is 1. The number of β-amino-alcohol motifs (C(OH)–C–C–N with tert-alkyl or cyclic N) is 2. The molecule has 0 aliphatic carbocycles. The monoisotopic (exact) mass is 357 g/mol. The van der Waals surface area contributed by atoms with E-state index in [1.807, 2.05) is 0 Å². The van der Waals surface area contributed by atoms with Gasteiger partial charge in [0.05, 0.1) is 24.3 Å². The van der Waals surface area contributed by atoms with Gasteiger partial charge >= 0.3 is 5.97 Å². The van der Waals surface area contributed by atoms with Gasteiger partial charge in [-0.1, -0.05) is 0 Å². The van der Waals surface area contributed by atoms with Gasteiger partial charge in [-0.2, -0.15) is 0 Å². The van der Waals surface area contributed by atoms with Crippen LogP contribution in [0.1, 0.15) is 6.92 Å².